The van der Waals surface area contributed by atoms with Crippen LogP contribution in [0.15, 0.2) is 0 Å². The standard InChI is InChI=1S/C11H23NO2/c1-12(8-5-9-14-2)10-6-3-4-7-11(10)13/h10-11,13H,3-9H2,1-2H3/t10-,11-/m1/s1. The Morgan fingerprint density at radius 1 is 1.36 bits per heavy atom. The molecule has 0 aromatic heterocycles. The number of likely N-dealkylation sites (N-methyl/N-ethyl adjacent to an activating group) is 1. The second-order valence-corrected chi connectivity index (χ2v) is 4.25. The SMILES string of the molecule is COCCCN(C)[C@@H]1CCCC[C@H]1O. The fraction of sp³-hybridized carbons (Fsp3) is 1.00. The molecule has 1 N–H and O–H groups in total. The first-order valence-electron chi connectivity index (χ1n) is 5.63. The number of aliphatic hydroxyl groups excluding tert-OH is 1. The van der Waals surface area contributed by atoms with Crippen LogP contribution >= 0.6 is 0 Å². The zero-order chi connectivity index (χ0) is 10.4. The molecule has 1 saturated carbocycles. The van der Waals surface area contributed by atoms with Gasteiger partial charge < -0.3 is 14.7 Å². The molecule has 1 fully saturated rings. The lowest BCUT2D eigenvalue weighted by molar-refractivity contribution is 0.0288. The monoisotopic (exact) mass is 201 g/mol. The minimum atomic E-state index is -0.115. The average molecular weight is 201 g/mol. The van der Waals surface area contributed by atoms with E-state index in [0.29, 0.717) is 6.04 Å². The minimum Gasteiger partial charge on any atom is -0.391 e. The van der Waals surface area contributed by atoms with Crippen LogP contribution in [0.5, 0.6) is 0 Å². The molecule has 0 heterocycles. The van der Waals surface area contributed by atoms with Gasteiger partial charge in [-0.3, -0.25) is 0 Å². The Labute approximate surface area is 87.1 Å². The zero-order valence-corrected chi connectivity index (χ0v) is 9.41. The molecule has 0 aromatic rings. The number of ether oxygens (including phenoxy) is 1. The molecule has 0 amide bonds. The maximum atomic E-state index is 9.82. The van der Waals surface area contributed by atoms with Crippen molar-refractivity contribution in [1.29, 1.82) is 0 Å². The van der Waals surface area contributed by atoms with Crippen LogP contribution in [0.1, 0.15) is 32.1 Å². The van der Waals surface area contributed by atoms with Gasteiger partial charge in [-0.2, -0.15) is 0 Å². The van der Waals surface area contributed by atoms with E-state index in [1.165, 1.54) is 12.8 Å². The second-order valence-electron chi connectivity index (χ2n) is 4.25. The zero-order valence-electron chi connectivity index (χ0n) is 9.41. The van der Waals surface area contributed by atoms with E-state index >= 15 is 0 Å². The Morgan fingerprint density at radius 2 is 2.07 bits per heavy atom. The number of aliphatic hydroxyl groups is 1. The summed E-state index contributed by atoms with van der Waals surface area (Å²) in [6.45, 7) is 1.84. The minimum absolute atomic E-state index is 0.115. The molecule has 0 aromatic carbocycles. The summed E-state index contributed by atoms with van der Waals surface area (Å²) >= 11 is 0. The normalized spacial score (nSPS) is 28.3. The second kappa shape index (κ2) is 6.38. The van der Waals surface area contributed by atoms with Crippen LogP contribution in [0.2, 0.25) is 0 Å². The molecular formula is C11H23NO2. The van der Waals surface area contributed by atoms with Gasteiger partial charge in [0.2, 0.25) is 0 Å². The Balaban J connectivity index is 2.23. The molecule has 0 radical (unpaired) electrons. The third-order valence-corrected chi connectivity index (χ3v) is 3.12. The molecule has 84 valence electrons. The van der Waals surface area contributed by atoms with Crippen molar-refractivity contribution in [2.45, 2.75) is 44.2 Å². The average Bonchev–Trinajstić information content (AvgIpc) is 2.18. The highest BCUT2D eigenvalue weighted by molar-refractivity contribution is 4.81. The van der Waals surface area contributed by atoms with E-state index in [9.17, 15) is 5.11 Å². The van der Waals surface area contributed by atoms with Gasteiger partial charge in [0, 0.05) is 26.3 Å². The van der Waals surface area contributed by atoms with Crippen LogP contribution in [0.4, 0.5) is 0 Å². The first-order chi connectivity index (χ1) is 6.75. The summed E-state index contributed by atoms with van der Waals surface area (Å²) < 4.78 is 5.02. The number of hydrogen-bond donors (Lipinski definition) is 1. The molecule has 3 heteroatoms. The maximum Gasteiger partial charge on any atom is 0.0695 e. The van der Waals surface area contributed by atoms with Crippen LogP contribution in [-0.4, -0.2) is 49.5 Å². The highest BCUT2D eigenvalue weighted by atomic mass is 16.5. The van der Waals surface area contributed by atoms with Crippen LogP contribution in [0.25, 0.3) is 0 Å². The van der Waals surface area contributed by atoms with E-state index in [4.69, 9.17) is 4.74 Å². The molecule has 0 bridgehead atoms. The summed E-state index contributed by atoms with van der Waals surface area (Å²) in [7, 11) is 3.84. The number of methoxy groups -OCH3 is 1. The van der Waals surface area contributed by atoms with Gasteiger partial charge in [-0.05, 0) is 26.3 Å². The van der Waals surface area contributed by atoms with Gasteiger partial charge in [-0.25, -0.2) is 0 Å². The number of nitrogens with zero attached hydrogens (tertiary/aromatic N) is 1. The number of hydrogen-bond acceptors (Lipinski definition) is 3. The quantitative estimate of drug-likeness (QED) is 0.680. The fourth-order valence-electron chi connectivity index (χ4n) is 2.23. The summed E-state index contributed by atoms with van der Waals surface area (Å²) in [5, 5.41) is 9.82. The Kier molecular flexibility index (Phi) is 5.45. The van der Waals surface area contributed by atoms with Gasteiger partial charge in [-0.1, -0.05) is 12.8 Å². The Hall–Kier alpha value is -0.120. The van der Waals surface area contributed by atoms with Crippen molar-refractivity contribution in [3.63, 3.8) is 0 Å². The van der Waals surface area contributed by atoms with Crippen molar-refractivity contribution >= 4 is 0 Å². The molecule has 1 aliphatic carbocycles. The Morgan fingerprint density at radius 3 is 2.71 bits per heavy atom. The smallest absolute Gasteiger partial charge is 0.0695 e. The highest BCUT2D eigenvalue weighted by Crippen LogP contribution is 2.22. The van der Waals surface area contributed by atoms with Gasteiger partial charge in [0.05, 0.1) is 6.10 Å². The molecular weight excluding hydrogens is 178 g/mol. The molecule has 3 nitrogen and oxygen atoms in total. The van der Waals surface area contributed by atoms with Gasteiger partial charge in [0.1, 0.15) is 0 Å². The van der Waals surface area contributed by atoms with Crippen molar-refractivity contribution in [1.82, 2.24) is 4.90 Å². The van der Waals surface area contributed by atoms with Crippen LogP contribution in [0, 0.1) is 0 Å². The summed E-state index contributed by atoms with van der Waals surface area (Å²) in [6, 6.07) is 0.376. The lowest BCUT2D eigenvalue weighted by atomic mass is 9.91. The number of rotatable bonds is 5. The molecule has 1 aliphatic rings. The van der Waals surface area contributed by atoms with Crippen LogP contribution in [-0.2, 0) is 4.74 Å². The topological polar surface area (TPSA) is 32.7 Å². The van der Waals surface area contributed by atoms with Crippen molar-refractivity contribution in [2.75, 3.05) is 27.3 Å². The van der Waals surface area contributed by atoms with Crippen LogP contribution < -0.4 is 0 Å². The molecule has 1 rings (SSSR count). The first kappa shape index (κ1) is 12.0. The maximum absolute atomic E-state index is 9.82. The van der Waals surface area contributed by atoms with E-state index in [0.717, 1.165) is 32.4 Å². The Bertz CT molecular complexity index is 152. The summed E-state index contributed by atoms with van der Waals surface area (Å²) in [5.41, 5.74) is 0. The molecule has 0 aliphatic heterocycles. The van der Waals surface area contributed by atoms with Gasteiger partial charge in [0.15, 0.2) is 0 Å². The van der Waals surface area contributed by atoms with Crippen LogP contribution in [0.3, 0.4) is 0 Å². The first-order valence-corrected chi connectivity index (χ1v) is 5.63. The van der Waals surface area contributed by atoms with Gasteiger partial charge in [0.25, 0.3) is 0 Å². The molecule has 14 heavy (non-hydrogen) atoms. The van der Waals surface area contributed by atoms with Crippen molar-refractivity contribution in [3.05, 3.63) is 0 Å². The van der Waals surface area contributed by atoms with E-state index in [1.54, 1.807) is 7.11 Å². The highest BCUT2D eigenvalue weighted by Gasteiger charge is 2.25. The van der Waals surface area contributed by atoms with E-state index in [2.05, 4.69) is 11.9 Å². The predicted octanol–water partition coefficient (Wildman–Crippen LogP) is 1.26. The molecule has 0 unspecified atom stereocenters. The van der Waals surface area contributed by atoms with Gasteiger partial charge in [-0.15, -0.1) is 0 Å². The fourth-order valence-corrected chi connectivity index (χ4v) is 2.23. The van der Waals surface area contributed by atoms with E-state index < -0.39 is 0 Å². The molecule has 0 saturated heterocycles. The van der Waals surface area contributed by atoms with E-state index in [-0.39, 0.29) is 6.10 Å². The largest absolute Gasteiger partial charge is 0.391 e. The predicted molar refractivity (Wildman–Crippen MR) is 57.4 cm³/mol. The summed E-state index contributed by atoms with van der Waals surface area (Å²) in [5.74, 6) is 0. The third kappa shape index (κ3) is 3.56. The summed E-state index contributed by atoms with van der Waals surface area (Å²) in [4.78, 5) is 2.28. The summed E-state index contributed by atoms with van der Waals surface area (Å²) in [6.07, 6.45) is 5.50. The molecule has 0 spiro atoms. The van der Waals surface area contributed by atoms with E-state index in [1.807, 2.05) is 0 Å². The van der Waals surface area contributed by atoms with Gasteiger partial charge >= 0.3 is 0 Å². The lowest BCUT2D eigenvalue weighted by Crippen LogP contribution is -2.43. The van der Waals surface area contributed by atoms with Crippen molar-refractivity contribution in [2.24, 2.45) is 0 Å². The van der Waals surface area contributed by atoms with Crippen molar-refractivity contribution < 1.29 is 9.84 Å². The third-order valence-electron chi connectivity index (χ3n) is 3.12. The van der Waals surface area contributed by atoms with Crippen molar-refractivity contribution in [3.8, 4) is 0 Å². The molecule has 2 atom stereocenters. The lowest BCUT2D eigenvalue weighted by Gasteiger charge is -2.35.